The number of amides is 2. The molecule has 1 aliphatic rings. The van der Waals surface area contributed by atoms with E-state index < -0.39 is 11.4 Å². The van der Waals surface area contributed by atoms with Crippen molar-refractivity contribution >= 4 is 35.4 Å². The van der Waals surface area contributed by atoms with Gasteiger partial charge in [0.1, 0.15) is 5.76 Å². The van der Waals surface area contributed by atoms with Crippen LogP contribution in [0, 0.1) is 12.3 Å². The number of anilines is 1. The highest BCUT2D eigenvalue weighted by Gasteiger charge is 2.39. The number of carbonyl (C=O) groups is 3. The summed E-state index contributed by atoms with van der Waals surface area (Å²) in [5, 5.41) is 15.5. The lowest BCUT2D eigenvalue weighted by Crippen LogP contribution is -2.49. The van der Waals surface area contributed by atoms with Crippen molar-refractivity contribution in [3.05, 3.63) is 11.8 Å². The molecule has 1 aliphatic heterocycles. The zero-order chi connectivity index (χ0) is 17.7. The van der Waals surface area contributed by atoms with E-state index in [0.717, 1.165) is 0 Å². The molecule has 1 unspecified atom stereocenters. The van der Waals surface area contributed by atoms with Crippen molar-refractivity contribution in [2.24, 2.45) is 5.41 Å². The molecule has 1 aromatic heterocycles. The molecule has 0 aromatic carbocycles. The average molecular weight is 355 g/mol. The summed E-state index contributed by atoms with van der Waals surface area (Å²) in [5.41, 5.74) is -0.888. The van der Waals surface area contributed by atoms with Gasteiger partial charge in [-0.15, -0.1) is 11.8 Å². The van der Waals surface area contributed by atoms with Crippen LogP contribution in [0.4, 0.5) is 5.82 Å². The van der Waals surface area contributed by atoms with Crippen LogP contribution in [0.1, 0.15) is 25.5 Å². The first-order valence-electron chi connectivity index (χ1n) is 7.62. The molecule has 1 saturated heterocycles. The summed E-state index contributed by atoms with van der Waals surface area (Å²) in [6, 6.07) is 1.61. The van der Waals surface area contributed by atoms with Crippen LogP contribution in [-0.2, 0) is 14.4 Å². The molecule has 2 amide bonds. The summed E-state index contributed by atoms with van der Waals surface area (Å²) in [7, 11) is 0. The third-order valence-electron chi connectivity index (χ3n) is 3.92. The highest BCUT2D eigenvalue weighted by Crippen LogP contribution is 2.30. The first-order valence-corrected chi connectivity index (χ1v) is 8.78. The van der Waals surface area contributed by atoms with E-state index in [9.17, 15) is 19.5 Å². The topological polar surface area (TPSA) is 113 Å². The van der Waals surface area contributed by atoms with E-state index in [1.165, 1.54) is 11.8 Å². The van der Waals surface area contributed by atoms with Crippen LogP contribution in [0.5, 0.6) is 0 Å². The summed E-state index contributed by atoms with van der Waals surface area (Å²) in [6.07, 6.45) is 1.24. The van der Waals surface area contributed by atoms with Gasteiger partial charge in [0, 0.05) is 19.2 Å². The van der Waals surface area contributed by atoms with E-state index in [1.807, 2.05) is 0 Å². The van der Waals surface area contributed by atoms with Gasteiger partial charge in [-0.2, -0.15) is 0 Å². The van der Waals surface area contributed by atoms with E-state index in [4.69, 9.17) is 4.52 Å². The van der Waals surface area contributed by atoms with Gasteiger partial charge in [-0.05, 0) is 26.7 Å². The van der Waals surface area contributed by atoms with Gasteiger partial charge in [0.25, 0.3) is 0 Å². The second kappa shape index (κ2) is 7.69. The number of rotatable bonds is 6. The lowest BCUT2D eigenvalue weighted by Gasteiger charge is -2.37. The number of hydrogen-bond donors (Lipinski definition) is 2. The Kier molecular flexibility index (Phi) is 5.87. The number of aryl methyl sites for hydroxylation is 1. The normalized spacial score (nSPS) is 20.7. The number of aliphatic carboxylic acids is 1. The van der Waals surface area contributed by atoms with Gasteiger partial charge in [-0.3, -0.25) is 14.4 Å². The van der Waals surface area contributed by atoms with Crippen LogP contribution < -0.4 is 5.32 Å². The van der Waals surface area contributed by atoms with Crippen LogP contribution in [-0.4, -0.2) is 57.5 Å². The molecule has 1 fully saturated rings. The van der Waals surface area contributed by atoms with Crippen LogP contribution in [0.2, 0.25) is 0 Å². The van der Waals surface area contributed by atoms with Crippen molar-refractivity contribution in [2.75, 3.05) is 29.9 Å². The average Bonchev–Trinajstić information content (AvgIpc) is 2.92. The van der Waals surface area contributed by atoms with Gasteiger partial charge in [0.15, 0.2) is 5.82 Å². The van der Waals surface area contributed by atoms with Crippen LogP contribution in [0.15, 0.2) is 10.6 Å². The Hall–Kier alpha value is -2.03. The number of nitrogens with zero attached hydrogens (tertiary/aromatic N) is 2. The van der Waals surface area contributed by atoms with Gasteiger partial charge < -0.3 is 19.8 Å². The van der Waals surface area contributed by atoms with Gasteiger partial charge in [0.05, 0.1) is 16.9 Å². The molecular formula is C15H21N3O5S. The molecule has 0 spiro atoms. The fourth-order valence-corrected chi connectivity index (χ4v) is 3.27. The molecule has 2 N–H and O–H groups in total. The number of piperidine rings is 1. The lowest BCUT2D eigenvalue weighted by atomic mass is 9.82. The smallest absolute Gasteiger partial charge is 0.311 e. The zero-order valence-electron chi connectivity index (χ0n) is 13.7. The van der Waals surface area contributed by atoms with Gasteiger partial charge in [-0.1, -0.05) is 5.16 Å². The molecule has 2 rings (SSSR count). The fraction of sp³-hybridized carbons (Fsp3) is 0.600. The molecule has 2 heterocycles. The molecule has 24 heavy (non-hydrogen) atoms. The highest BCUT2D eigenvalue weighted by atomic mass is 32.2. The second-order valence-corrected chi connectivity index (χ2v) is 7.13. The Balaban J connectivity index is 1.74. The number of aromatic nitrogens is 1. The quantitative estimate of drug-likeness (QED) is 0.792. The number of hydrogen-bond acceptors (Lipinski definition) is 6. The van der Waals surface area contributed by atoms with Crippen LogP contribution in [0.25, 0.3) is 0 Å². The zero-order valence-corrected chi connectivity index (χ0v) is 14.5. The lowest BCUT2D eigenvalue weighted by molar-refractivity contribution is -0.153. The number of carbonyl (C=O) groups excluding carboxylic acids is 2. The molecule has 0 aliphatic carbocycles. The minimum atomic E-state index is -0.888. The molecule has 1 atom stereocenters. The first kappa shape index (κ1) is 18.3. The minimum absolute atomic E-state index is 0.113. The fourth-order valence-electron chi connectivity index (χ4n) is 2.55. The summed E-state index contributed by atoms with van der Waals surface area (Å²) in [4.78, 5) is 36.8. The number of likely N-dealkylation sites (tertiary alicyclic amines) is 1. The summed E-state index contributed by atoms with van der Waals surface area (Å²) < 4.78 is 4.85. The van der Waals surface area contributed by atoms with Crippen molar-refractivity contribution in [3.63, 3.8) is 0 Å². The molecule has 132 valence electrons. The largest absolute Gasteiger partial charge is 0.481 e. The minimum Gasteiger partial charge on any atom is -0.481 e. The summed E-state index contributed by atoms with van der Waals surface area (Å²) >= 11 is 1.19. The van der Waals surface area contributed by atoms with Gasteiger partial charge in [-0.25, -0.2) is 0 Å². The standard InChI is InChI=1S/C15H21N3O5S/c1-10-6-11(17-23-10)16-12(19)7-24-8-13(20)18-5-3-4-15(2,9-18)14(21)22/h6H,3-5,7-9H2,1-2H3,(H,21,22)(H,16,17,19). The molecule has 1 aromatic rings. The predicted octanol–water partition coefficient (Wildman–Crippen LogP) is 1.37. The van der Waals surface area contributed by atoms with Crippen molar-refractivity contribution in [1.82, 2.24) is 10.1 Å². The number of nitrogens with one attached hydrogen (secondary N) is 1. The maximum atomic E-state index is 12.2. The van der Waals surface area contributed by atoms with E-state index in [0.29, 0.717) is 31.0 Å². The van der Waals surface area contributed by atoms with Crippen molar-refractivity contribution < 1.29 is 24.0 Å². The van der Waals surface area contributed by atoms with E-state index in [-0.39, 0.29) is 29.9 Å². The molecule has 0 saturated carbocycles. The molecular weight excluding hydrogens is 334 g/mol. The SMILES string of the molecule is Cc1cc(NC(=O)CSCC(=O)N2CCCC(C)(C(=O)O)C2)no1. The van der Waals surface area contributed by atoms with Crippen molar-refractivity contribution in [2.45, 2.75) is 26.7 Å². The van der Waals surface area contributed by atoms with E-state index >= 15 is 0 Å². The number of carboxylic acids is 1. The summed E-state index contributed by atoms with van der Waals surface area (Å²) in [6.45, 7) is 4.16. The molecule has 8 nitrogen and oxygen atoms in total. The second-order valence-electron chi connectivity index (χ2n) is 6.15. The monoisotopic (exact) mass is 355 g/mol. The highest BCUT2D eigenvalue weighted by molar-refractivity contribution is 8.00. The molecule has 0 radical (unpaired) electrons. The van der Waals surface area contributed by atoms with Gasteiger partial charge >= 0.3 is 5.97 Å². The van der Waals surface area contributed by atoms with Crippen LogP contribution in [0.3, 0.4) is 0 Å². The third-order valence-corrected chi connectivity index (χ3v) is 4.84. The van der Waals surface area contributed by atoms with Gasteiger partial charge in [0.2, 0.25) is 11.8 Å². The summed E-state index contributed by atoms with van der Waals surface area (Å²) in [5.74, 6) is -0.0949. The predicted molar refractivity (Wildman–Crippen MR) is 88.8 cm³/mol. The maximum absolute atomic E-state index is 12.2. The van der Waals surface area contributed by atoms with Crippen LogP contribution >= 0.6 is 11.8 Å². The Labute approximate surface area is 143 Å². The molecule has 0 bridgehead atoms. The van der Waals surface area contributed by atoms with E-state index in [1.54, 1.807) is 24.8 Å². The number of carboxylic acid groups (broad SMARTS) is 1. The van der Waals surface area contributed by atoms with Crippen molar-refractivity contribution in [1.29, 1.82) is 0 Å². The Morgan fingerprint density at radius 3 is 2.83 bits per heavy atom. The Morgan fingerprint density at radius 2 is 2.21 bits per heavy atom. The van der Waals surface area contributed by atoms with Crippen molar-refractivity contribution in [3.8, 4) is 0 Å². The Bertz CT molecular complexity index is 632. The van der Waals surface area contributed by atoms with E-state index in [2.05, 4.69) is 10.5 Å². The first-order chi connectivity index (χ1) is 11.3. The third kappa shape index (κ3) is 4.73. The number of thioether (sulfide) groups is 1. The maximum Gasteiger partial charge on any atom is 0.311 e. The Morgan fingerprint density at radius 1 is 1.46 bits per heavy atom. The molecule has 9 heteroatoms.